The van der Waals surface area contributed by atoms with E-state index < -0.39 is 17.6 Å². The molecule has 22 heavy (non-hydrogen) atoms. The first-order valence-corrected chi connectivity index (χ1v) is 7.95. The Hall–Kier alpha value is -1.32. The Balaban J connectivity index is 1.96. The molecule has 0 atom stereocenters. The molecular formula is C18H22F4. The van der Waals surface area contributed by atoms with Crippen LogP contribution in [0.2, 0.25) is 0 Å². The number of rotatable bonds is 4. The van der Waals surface area contributed by atoms with E-state index in [0.717, 1.165) is 24.8 Å². The van der Waals surface area contributed by atoms with Gasteiger partial charge in [0.05, 0.1) is 5.56 Å². The molecule has 2 rings (SSSR count). The lowest BCUT2D eigenvalue weighted by molar-refractivity contribution is -0.137. The number of alkyl halides is 3. The molecule has 0 amide bonds. The number of hydrogen-bond acceptors (Lipinski definition) is 0. The van der Waals surface area contributed by atoms with Crippen molar-refractivity contribution in [1.29, 1.82) is 0 Å². The van der Waals surface area contributed by atoms with Crippen LogP contribution in [-0.2, 0) is 6.18 Å². The van der Waals surface area contributed by atoms with Gasteiger partial charge in [-0.15, -0.1) is 0 Å². The van der Waals surface area contributed by atoms with E-state index >= 15 is 0 Å². The fraction of sp³-hybridized carbons (Fsp3) is 0.556. The van der Waals surface area contributed by atoms with Gasteiger partial charge in [0.2, 0.25) is 0 Å². The maximum atomic E-state index is 13.7. The Morgan fingerprint density at radius 3 is 2.36 bits per heavy atom. The molecule has 0 aliphatic heterocycles. The fourth-order valence-electron chi connectivity index (χ4n) is 3.16. The highest BCUT2D eigenvalue weighted by Gasteiger charge is 2.31. The van der Waals surface area contributed by atoms with E-state index in [0.29, 0.717) is 12.0 Å². The van der Waals surface area contributed by atoms with Gasteiger partial charge in [0.1, 0.15) is 5.82 Å². The highest BCUT2D eigenvalue weighted by atomic mass is 19.4. The lowest BCUT2D eigenvalue weighted by atomic mass is 9.80. The predicted molar refractivity (Wildman–Crippen MR) is 80.8 cm³/mol. The van der Waals surface area contributed by atoms with Gasteiger partial charge in [0, 0.05) is 5.56 Å². The van der Waals surface area contributed by atoms with Gasteiger partial charge >= 0.3 is 6.18 Å². The van der Waals surface area contributed by atoms with Gasteiger partial charge in [-0.3, -0.25) is 0 Å². The van der Waals surface area contributed by atoms with Gasteiger partial charge in [-0.05, 0) is 49.7 Å². The van der Waals surface area contributed by atoms with Crippen molar-refractivity contribution in [3.05, 3.63) is 41.2 Å². The van der Waals surface area contributed by atoms with E-state index in [9.17, 15) is 17.6 Å². The largest absolute Gasteiger partial charge is 0.416 e. The van der Waals surface area contributed by atoms with Gasteiger partial charge in [-0.25, -0.2) is 4.39 Å². The Kier molecular flexibility index (Phi) is 5.65. The Morgan fingerprint density at radius 2 is 1.82 bits per heavy atom. The van der Waals surface area contributed by atoms with Crippen LogP contribution in [0.1, 0.15) is 56.6 Å². The van der Waals surface area contributed by atoms with Gasteiger partial charge in [0.25, 0.3) is 0 Å². The van der Waals surface area contributed by atoms with E-state index in [1.807, 2.05) is 6.08 Å². The summed E-state index contributed by atoms with van der Waals surface area (Å²) in [6.07, 6.45) is 6.12. The van der Waals surface area contributed by atoms with E-state index in [1.54, 1.807) is 6.08 Å². The second-order valence-electron chi connectivity index (χ2n) is 6.16. The summed E-state index contributed by atoms with van der Waals surface area (Å²) in [6.45, 7) is 2.19. The first kappa shape index (κ1) is 17.0. The van der Waals surface area contributed by atoms with Crippen LogP contribution in [0.3, 0.4) is 0 Å². The zero-order valence-electron chi connectivity index (χ0n) is 12.8. The number of benzene rings is 1. The van der Waals surface area contributed by atoms with Crippen molar-refractivity contribution in [2.24, 2.45) is 11.8 Å². The molecule has 122 valence electrons. The van der Waals surface area contributed by atoms with Crippen molar-refractivity contribution in [3.63, 3.8) is 0 Å². The van der Waals surface area contributed by atoms with E-state index in [4.69, 9.17) is 0 Å². The number of halogens is 4. The zero-order chi connectivity index (χ0) is 16.2. The Labute approximate surface area is 129 Å². The fourth-order valence-corrected chi connectivity index (χ4v) is 3.16. The lowest BCUT2D eigenvalue weighted by Gasteiger charge is -2.26. The Bertz CT molecular complexity index is 508. The van der Waals surface area contributed by atoms with Gasteiger partial charge in [0.15, 0.2) is 0 Å². The first-order chi connectivity index (χ1) is 10.4. The smallest absolute Gasteiger partial charge is 0.206 e. The van der Waals surface area contributed by atoms with Crippen molar-refractivity contribution >= 4 is 6.08 Å². The quantitative estimate of drug-likeness (QED) is 0.559. The minimum absolute atomic E-state index is 0.226. The third kappa shape index (κ3) is 4.59. The van der Waals surface area contributed by atoms with Crippen molar-refractivity contribution in [2.75, 3.05) is 0 Å². The van der Waals surface area contributed by atoms with Gasteiger partial charge < -0.3 is 0 Å². The van der Waals surface area contributed by atoms with Crippen molar-refractivity contribution < 1.29 is 17.6 Å². The molecule has 1 aliphatic carbocycles. The second-order valence-corrected chi connectivity index (χ2v) is 6.16. The Morgan fingerprint density at radius 1 is 1.14 bits per heavy atom. The summed E-state index contributed by atoms with van der Waals surface area (Å²) in [4.78, 5) is 0. The van der Waals surface area contributed by atoms with Crippen LogP contribution in [0.4, 0.5) is 17.6 Å². The molecule has 0 unspecified atom stereocenters. The van der Waals surface area contributed by atoms with E-state index in [2.05, 4.69) is 6.92 Å². The molecule has 0 radical (unpaired) electrons. The molecule has 0 N–H and O–H groups in total. The molecule has 1 saturated carbocycles. The minimum atomic E-state index is -4.50. The molecule has 1 aromatic carbocycles. The molecule has 0 aromatic heterocycles. The number of hydrogen-bond donors (Lipinski definition) is 0. The summed E-state index contributed by atoms with van der Waals surface area (Å²) >= 11 is 0. The topological polar surface area (TPSA) is 0 Å². The maximum absolute atomic E-state index is 13.7. The van der Waals surface area contributed by atoms with E-state index in [-0.39, 0.29) is 5.56 Å². The summed E-state index contributed by atoms with van der Waals surface area (Å²) in [5.74, 6) is 0.401. The maximum Gasteiger partial charge on any atom is 0.416 e. The van der Waals surface area contributed by atoms with Crippen LogP contribution >= 0.6 is 0 Å². The van der Waals surface area contributed by atoms with Crippen molar-refractivity contribution in [1.82, 2.24) is 0 Å². The van der Waals surface area contributed by atoms with Crippen molar-refractivity contribution in [3.8, 4) is 0 Å². The van der Waals surface area contributed by atoms with E-state index in [1.165, 1.54) is 31.7 Å². The molecule has 4 heteroatoms. The normalized spacial score (nSPS) is 23.1. The highest BCUT2D eigenvalue weighted by Crippen LogP contribution is 2.33. The van der Waals surface area contributed by atoms with Crippen LogP contribution in [0.5, 0.6) is 0 Å². The molecule has 0 nitrogen and oxygen atoms in total. The standard InChI is InChI=1S/C18H22F4/c1-2-3-13-4-6-14(7-5-13)8-9-15-10-11-16(12-17(15)19)18(20,21)22/h8-14H,2-7H2,1H3. The van der Waals surface area contributed by atoms with Crippen LogP contribution < -0.4 is 0 Å². The van der Waals surface area contributed by atoms with Crippen molar-refractivity contribution in [2.45, 2.75) is 51.6 Å². The third-order valence-electron chi connectivity index (χ3n) is 4.46. The first-order valence-electron chi connectivity index (χ1n) is 7.95. The molecule has 0 saturated heterocycles. The molecular weight excluding hydrogens is 292 g/mol. The summed E-state index contributed by atoms with van der Waals surface area (Å²) in [7, 11) is 0. The zero-order valence-corrected chi connectivity index (χ0v) is 12.8. The summed E-state index contributed by atoms with van der Waals surface area (Å²) in [5, 5.41) is 0. The minimum Gasteiger partial charge on any atom is -0.206 e. The number of allylic oxidation sites excluding steroid dienone is 1. The monoisotopic (exact) mass is 314 g/mol. The molecule has 0 spiro atoms. The third-order valence-corrected chi connectivity index (χ3v) is 4.46. The van der Waals surface area contributed by atoms with Crippen LogP contribution in [0.15, 0.2) is 24.3 Å². The van der Waals surface area contributed by atoms with Gasteiger partial charge in [-0.1, -0.05) is 38.0 Å². The summed E-state index contributed by atoms with van der Waals surface area (Å²) in [5.41, 5.74) is -0.717. The molecule has 0 heterocycles. The molecule has 1 aliphatic rings. The molecule has 1 aromatic rings. The second kappa shape index (κ2) is 7.30. The summed E-state index contributed by atoms with van der Waals surface area (Å²) < 4.78 is 51.2. The van der Waals surface area contributed by atoms with Crippen LogP contribution in [-0.4, -0.2) is 0 Å². The molecule has 1 fully saturated rings. The summed E-state index contributed by atoms with van der Waals surface area (Å²) in [6, 6.07) is 2.70. The van der Waals surface area contributed by atoms with Crippen LogP contribution in [0.25, 0.3) is 6.08 Å². The van der Waals surface area contributed by atoms with Crippen LogP contribution in [0, 0.1) is 17.7 Å². The average Bonchev–Trinajstić information content (AvgIpc) is 2.47. The van der Waals surface area contributed by atoms with Gasteiger partial charge in [-0.2, -0.15) is 13.2 Å². The molecule has 0 bridgehead atoms. The average molecular weight is 314 g/mol. The SMILES string of the molecule is CCCC1CCC(C=Cc2ccc(C(F)(F)F)cc2F)CC1. The lowest BCUT2D eigenvalue weighted by Crippen LogP contribution is -2.12. The highest BCUT2D eigenvalue weighted by molar-refractivity contribution is 5.51. The predicted octanol–water partition coefficient (Wildman–Crippen LogP) is 6.46.